The molecule has 23 heavy (non-hydrogen) atoms. The standard InChI is InChI=1S/C19H17NO2S/c21-16-9-5-4-8-15(16)17-10-11-18(23-17)19(22)20-13-12-14-6-2-1-3-7-14/h1-11,21H,12-13H2,(H,20,22). The van der Waals surface area contributed by atoms with Crippen LogP contribution in [0.25, 0.3) is 10.4 Å². The lowest BCUT2D eigenvalue weighted by Gasteiger charge is -2.04. The molecule has 0 atom stereocenters. The van der Waals surface area contributed by atoms with Crippen molar-refractivity contribution in [2.24, 2.45) is 0 Å². The van der Waals surface area contributed by atoms with Crippen LogP contribution in [0.5, 0.6) is 5.75 Å². The van der Waals surface area contributed by atoms with E-state index in [1.54, 1.807) is 18.2 Å². The minimum absolute atomic E-state index is 0.0763. The van der Waals surface area contributed by atoms with Crippen molar-refractivity contribution >= 4 is 17.2 Å². The van der Waals surface area contributed by atoms with Crippen molar-refractivity contribution in [1.82, 2.24) is 5.32 Å². The lowest BCUT2D eigenvalue weighted by Crippen LogP contribution is -2.24. The van der Waals surface area contributed by atoms with E-state index in [0.717, 1.165) is 16.9 Å². The van der Waals surface area contributed by atoms with Crippen LogP contribution < -0.4 is 5.32 Å². The quantitative estimate of drug-likeness (QED) is 0.743. The summed E-state index contributed by atoms with van der Waals surface area (Å²) in [5, 5.41) is 12.8. The topological polar surface area (TPSA) is 49.3 Å². The third kappa shape index (κ3) is 3.79. The number of thiophene rings is 1. The number of para-hydroxylation sites is 1. The minimum atomic E-state index is -0.0763. The Labute approximate surface area is 139 Å². The second kappa shape index (κ2) is 7.11. The summed E-state index contributed by atoms with van der Waals surface area (Å²) in [7, 11) is 0. The van der Waals surface area contributed by atoms with Crippen molar-refractivity contribution in [3.63, 3.8) is 0 Å². The van der Waals surface area contributed by atoms with Gasteiger partial charge in [0.1, 0.15) is 5.75 Å². The summed E-state index contributed by atoms with van der Waals surface area (Å²) in [6.07, 6.45) is 0.810. The number of amides is 1. The monoisotopic (exact) mass is 323 g/mol. The second-order valence-corrected chi connectivity index (χ2v) is 6.26. The van der Waals surface area contributed by atoms with E-state index in [-0.39, 0.29) is 11.7 Å². The molecule has 0 aliphatic heterocycles. The molecule has 0 bridgehead atoms. The zero-order chi connectivity index (χ0) is 16.1. The van der Waals surface area contributed by atoms with Crippen LogP contribution in [0.4, 0.5) is 0 Å². The summed E-state index contributed by atoms with van der Waals surface area (Å²) in [6.45, 7) is 0.604. The van der Waals surface area contributed by atoms with Crippen LogP contribution in [0.1, 0.15) is 15.2 Å². The Morgan fingerprint density at radius 1 is 0.957 bits per heavy atom. The van der Waals surface area contributed by atoms with Gasteiger partial charge in [0.05, 0.1) is 4.88 Å². The summed E-state index contributed by atoms with van der Waals surface area (Å²) in [5.41, 5.74) is 1.95. The summed E-state index contributed by atoms with van der Waals surface area (Å²) in [6, 6.07) is 20.9. The molecule has 0 saturated heterocycles. The molecular formula is C19H17NO2S. The molecule has 0 spiro atoms. The number of carbonyl (C=O) groups excluding carboxylic acids is 1. The van der Waals surface area contributed by atoms with Crippen molar-refractivity contribution in [3.8, 4) is 16.2 Å². The molecule has 3 aromatic rings. The van der Waals surface area contributed by atoms with Crippen molar-refractivity contribution in [1.29, 1.82) is 0 Å². The summed E-state index contributed by atoms with van der Waals surface area (Å²) < 4.78 is 0. The number of phenolic OH excluding ortho intramolecular Hbond substituents is 1. The molecule has 1 heterocycles. The molecule has 0 radical (unpaired) electrons. The predicted molar refractivity (Wildman–Crippen MR) is 93.9 cm³/mol. The molecule has 0 unspecified atom stereocenters. The molecular weight excluding hydrogens is 306 g/mol. The first-order valence-corrected chi connectivity index (χ1v) is 8.26. The number of benzene rings is 2. The van der Waals surface area contributed by atoms with Gasteiger partial charge in [0.2, 0.25) is 0 Å². The van der Waals surface area contributed by atoms with E-state index in [1.165, 1.54) is 16.9 Å². The maximum atomic E-state index is 12.2. The van der Waals surface area contributed by atoms with E-state index in [1.807, 2.05) is 48.5 Å². The number of phenols is 1. The van der Waals surface area contributed by atoms with Crippen LogP contribution >= 0.6 is 11.3 Å². The molecule has 1 amide bonds. The normalized spacial score (nSPS) is 10.4. The van der Waals surface area contributed by atoms with Gasteiger partial charge in [-0.25, -0.2) is 0 Å². The molecule has 3 rings (SSSR count). The number of hydrogen-bond acceptors (Lipinski definition) is 3. The average Bonchev–Trinajstić information content (AvgIpc) is 3.06. The lowest BCUT2D eigenvalue weighted by atomic mass is 10.1. The molecule has 0 aliphatic rings. The lowest BCUT2D eigenvalue weighted by molar-refractivity contribution is 0.0958. The highest BCUT2D eigenvalue weighted by Crippen LogP contribution is 2.33. The van der Waals surface area contributed by atoms with Gasteiger partial charge in [0.15, 0.2) is 0 Å². The number of carbonyl (C=O) groups is 1. The first-order valence-electron chi connectivity index (χ1n) is 7.44. The molecule has 116 valence electrons. The van der Waals surface area contributed by atoms with Gasteiger partial charge in [0.25, 0.3) is 5.91 Å². The Kier molecular flexibility index (Phi) is 4.74. The first-order chi connectivity index (χ1) is 11.2. The van der Waals surface area contributed by atoms with E-state index >= 15 is 0 Å². The van der Waals surface area contributed by atoms with E-state index in [4.69, 9.17) is 0 Å². The molecule has 4 heteroatoms. The Morgan fingerprint density at radius 2 is 1.70 bits per heavy atom. The highest BCUT2D eigenvalue weighted by molar-refractivity contribution is 7.17. The van der Waals surface area contributed by atoms with Crippen LogP contribution in [0, 0.1) is 0 Å². The fraction of sp³-hybridized carbons (Fsp3) is 0.105. The zero-order valence-corrected chi connectivity index (χ0v) is 13.3. The van der Waals surface area contributed by atoms with Gasteiger partial charge >= 0.3 is 0 Å². The second-order valence-electron chi connectivity index (χ2n) is 5.17. The summed E-state index contributed by atoms with van der Waals surface area (Å²) >= 11 is 1.38. The maximum Gasteiger partial charge on any atom is 0.261 e. The summed E-state index contributed by atoms with van der Waals surface area (Å²) in [5.74, 6) is 0.151. The van der Waals surface area contributed by atoms with Crippen LogP contribution in [-0.4, -0.2) is 17.6 Å². The Morgan fingerprint density at radius 3 is 2.48 bits per heavy atom. The predicted octanol–water partition coefficient (Wildman–Crippen LogP) is 4.09. The molecule has 2 N–H and O–H groups in total. The van der Waals surface area contributed by atoms with Crippen molar-refractivity contribution < 1.29 is 9.90 Å². The van der Waals surface area contributed by atoms with E-state index in [0.29, 0.717) is 11.4 Å². The van der Waals surface area contributed by atoms with E-state index in [2.05, 4.69) is 5.32 Å². The van der Waals surface area contributed by atoms with Gasteiger partial charge in [-0.1, -0.05) is 42.5 Å². The van der Waals surface area contributed by atoms with Crippen LogP contribution in [-0.2, 0) is 6.42 Å². The van der Waals surface area contributed by atoms with Crippen LogP contribution in [0.2, 0.25) is 0 Å². The SMILES string of the molecule is O=C(NCCc1ccccc1)c1ccc(-c2ccccc2O)s1. The van der Waals surface area contributed by atoms with Gasteiger partial charge in [-0.15, -0.1) is 11.3 Å². The zero-order valence-electron chi connectivity index (χ0n) is 12.5. The Balaban J connectivity index is 1.62. The Hall–Kier alpha value is -2.59. The minimum Gasteiger partial charge on any atom is -0.507 e. The molecule has 0 fully saturated rings. The molecule has 3 nitrogen and oxygen atoms in total. The molecule has 1 aromatic heterocycles. The van der Waals surface area contributed by atoms with Gasteiger partial charge in [0, 0.05) is 17.0 Å². The Bertz CT molecular complexity index is 796. The van der Waals surface area contributed by atoms with Gasteiger partial charge in [-0.3, -0.25) is 4.79 Å². The summed E-state index contributed by atoms with van der Waals surface area (Å²) in [4.78, 5) is 13.7. The van der Waals surface area contributed by atoms with Crippen molar-refractivity contribution in [3.05, 3.63) is 77.2 Å². The third-order valence-corrected chi connectivity index (χ3v) is 4.66. The fourth-order valence-corrected chi connectivity index (χ4v) is 3.30. The van der Waals surface area contributed by atoms with Gasteiger partial charge in [-0.05, 0) is 36.2 Å². The molecule has 0 aliphatic carbocycles. The number of rotatable bonds is 5. The van der Waals surface area contributed by atoms with Crippen molar-refractivity contribution in [2.75, 3.05) is 6.54 Å². The van der Waals surface area contributed by atoms with Gasteiger partial charge < -0.3 is 10.4 Å². The van der Waals surface area contributed by atoms with Crippen LogP contribution in [0.15, 0.2) is 66.7 Å². The van der Waals surface area contributed by atoms with Crippen molar-refractivity contribution in [2.45, 2.75) is 6.42 Å². The third-order valence-electron chi connectivity index (χ3n) is 3.54. The largest absolute Gasteiger partial charge is 0.507 e. The average molecular weight is 323 g/mol. The highest BCUT2D eigenvalue weighted by Gasteiger charge is 2.11. The van der Waals surface area contributed by atoms with E-state index < -0.39 is 0 Å². The first kappa shape index (κ1) is 15.3. The highest BCUT2D eigenvalue weighted by atomic mass is 32.1. The number of aromatic hydroxyl groups is 1. The number of nitrogens with one attached hydrogen (secondary N) is 1. The molecule has 0 saturated carbocycles. The molecule has 2 aromatic carbocycles. The maximum absolute atomic E-state index is 12.2. The van der Waals surface area contributed by atoms with Crippen LogP contribution in [0.3, 0.4) is 0 Å². The van der Waals surface area contributed by atoms with Gasteiger partial charge in [-0.2, -0.15) is 0 Å². The van der Waals surface area contributed by atoms with E-state index in [9.17, 15) is 9.90 Å². The fourth-order valence-electron chi connectivity index (χ4n) is 2.34. The smallest absolute Gasteiger partial charge is 0.261 e. The number of hydrogen-bond donors (Lipinski definition) is 2.